The molecule has 0 saturated carbocycles. The van der Waals surface area contributed by atoms with Gasteiger partial charge < -0.3 is 10.6 Å². The molecule has 0 unspecified atom stereocenters. The standard InChI is InChI=1S/C16H19FN4O/c17-13-8-15(19-10-13)16(22)18-7-6-12-9-20-21(11-12)14-4-2-1-3-5-14/h1-5,9,11,13,15,19H,6-8,10H2,(H,18,22)/t13-,15+/m0/s1. The first kappa shape index (κ1) is 14.7. The minimum Gasteiger partial charge on any atom is -0.354 e. The molecule has 0 radical (unpaired) electrons. The molecule has 0 aliphatic carbocycles. The Balaban J connectivity index is 1.48. The quantitative estimate of drug-likeness (QED) is 0.873. The predicted octanol–water partition coefficient (Wildman–Crippen LogP) is 1.23. The molecule has 116 valence electrons. The summed E-state index contributed by atoms with van der Waals surface area (Å²) in [4.78, 5) is 11.8. The molecule has 1 saturated heterocycles. The van der Waals surface area contributed by atoms with E-state index in [2.05, 4.69) is 15.7 Å². The van der Waals surface area contributed by atoms with Gasteiger partial charge in [-0.1, -0.05) is 18.2 Å². The maximum atomic E-state index is 13.0. The molecule has 1 aliphatic heterocycles. The molecule has 2 heterocycles. The van der Waals surface area contributed by atoms with Gasteiger partial charge in [0.2, 0.25) is 5.91 Å². The van der Waals surface area contributed by atoms with Gasteiger partial charge in [0.25, 0.3) is 0 Å². The van der Waals surface area contributed by atoms with Crippen molar-refractivity contribution in [2.45, 2.75) is 25.1 Å². The summed E-state index contributed by atoms with van der Waals surface area (Å²) in [5.74, 6) is -0.129. The average Bonchev–Trinajstić information content (AvgIpc) is 3.17. The highest BCUT2D eigenvalue weighted by molar-refractivity contribution is 5.82. The Bertz CT molecular complexity index is 628. The van der Waals surface area contributed by atoms with Gasteiger partial charge in [-0.3, -0.25) is 4.79 Å². The number of hydrogen-bond donors (Lipinski definition) is 2. The fraction of sp³-hybridized carbons (Fsp3) is 0.375. The minimum absolute atomic E-state index is 0.129. The van der Waals surface area contributed by atoms with Crippen LogP contribution < -0.4 is 10.6 Å². The summed E-state index contributed by atoms with van der Waals surface area (Å²) in [6.07, 6.45) is 3.79. The highest BCUT2D eigenvalue weighted by Crippen LogP contribution is 2.10. The van der Waals surface area contributed by atoms with Crippen molar-refractivity contribution in [2.24, 2.45) is 0 Å². The second-order valence-electron chi connectivity index (χ2n) is 5.46. The largest absolute Gasteiger partial charge is 0.354 e. The van der Waals surface area contributed by atoms with E-state index in [1.54, 1.807) is 6.20 Å². The van der Waals surface area contributed by atoms with Crippen molar-refractivity contribution in [3.05, 3.63) is 48.3 Å². The molecule has 0 bridgehead atoms. The zero-order valence-electron chi connectivity index (χ0n) is 12.2. The Morgan fingerprint density at radius 1 is 1.41 bits per heavy atom. The molecule has 1 amide bonds. The molecule has 2 N–H and O–H groups in total. The molecule has 5 nitrogen and oxygen atoms in total. The van der Waals surface area contributed by atoms with Crippen LogP contribution in [0.5, 0.6) is 0 Å². The van der Waals surface area contributed by atoms with Gasteiger partial charge >= 0.3 is 0 Å². The summed E-state index contributed by atoms with van der Waals surface area (Å²) in [6, 6.07) is 9.45. The summed E-state index contributed by atoms with van der Waals surface area (Å²) in [6.45, 7) is 0.788. The van der Waals surface area contributed by atoms with Gasteiger partial charge in [0.05, 0.1) is 17.9 Å². The minimum atomic E-state index is -0.917. The summed E-state index contributed by atoms with van der Waals surface area (Å²) in [7, 11) is 0. The Hall–Kier alpha value is -2.21. The first-order chi connectivity index (χ1) is 10.7. The van der Waals surface area contributed by atoms with Crippen LogP contribution in [-0.2, 0) is 11.2 Å². The van der Waals surface area contributed by atoms with E-state index in [1.807, 2.05) is 41.2 Å². The number of para-hydroxylation sites is 1. The molecule has 6 heteroatoms. The highest BCUT2D eigenvalue weighted by Gasteiger charge is 2.28. The lowest BCUT2D eigenvalue weighted by atomic mass is 10.2. The predicted molar refractivity (Wildman–Crippen MR) is 81.6 cm³/mol. The van der Waals surface area contributed by atoms with Gasteiger partial charge in [-0.25, -0.2) is 9.07 Å². The van der Waals surface area contributed by atoms with E-state index in [0.717, 1.165) is 11.3 Å². The van der Waals surface area contributed by atoms with E-state index in [9.17, 15) is 9.18 Å². The molecular formula is C16H19FN4O. The van der Waals surface area contributed by atoms with Crippen LogP contribution >= 0.6 is 0 Å². The van der Waals surface area contributed by atoms with E-state index >= 15 is 0 Å². The monoisotopic (exact) mass is 302 g/mol. The number of carbonyl (C=O) groups is 1. The van der Waals surface area contributed by atoms with Crippen LogP contribution in [0.1, 0.15) is 12.0 Å². The molecule has 1 aromatic carbocycles. The van der Waals surface area contributed by atoms with Crippen LogP contribution in [0, 0.1) is 0 Å². The molecule has 22 heavy (non-hydrogen) atoms. The van der Waals surface area contributed by atoms with Crippen molar-refractivity contribution in [1.29, 1.82) is 0 Å². The molecule has 1 fully saturated rings. The lowest BCUT2D eigenvalue weighted by molar-refractivity contribution is -0.122. The lowest BCUT2D eigenvalue weighted by Crippen LogP contribution is -2.41. The molecule has 2 aromatic rings. The van der Waals surface area contributed by atoms with Gasteiger partial charge in [-0.15, -0.1) is 0 Å². The average molecular weight is 302 g/mol. The third-order valence-corrected chi connectivity index (χ3v) is 3.76. The van der Waals surface area contributed by atoms with Gasteiger partial charge in [0.1, 0.15) is 6.17 Å². The van der Waals surface area contributed by atoms with Crippen LogP contribution in [0.3, 0.4) is 0 Å². The summed E-state index contributed by atoms with van der Waals surface area (Å²) >= 11 is 0. The second kappa shape index (κ2) is 6.70. The normalized spacial score (nSPS) is 21.0. The van der Waals surface area contributed by atoms with Crippen LogP contribution in [0.2, 0.25) is 0 Å². The zero-order chi connectivity index (χ0) is 15.4. The Kier molecular flexibility index (Phi) is 4.48. The third-order valence-electron chi connectivity index (χ3n) is 3.76. The van der Waals surface area contributed by atoms with Gasteiger partial charge in [-0.05, 0) is 24.1 Å². The van der Waals surface area contributed by atoms with Crippen LogP contribution in [-0.4, -0.2) is 41.0 Å². The van der Waals surface area contributed by atoms with E-state index in [4.69, 9.17) is 0 Å². The maximum Gasteiger partial charge on any atom is 0.237 e. The summed E-state index contributed by atoms with van der Waals surface area (Å²) < 4.78 is 14.8. The fourth-order valence-electron chi connectivity index (χ4n) is 2.56. The first-order valence-electron chi connectivity index (χ1n) is 7.46. The number of nitrogens with one attached hydrogen (secondary N) is 2. The number of halogens is 1. The van der Waals surface area contributed by atoms with Crippen LogP contribution in [0.25, 0.3) is 5.69 Å². The zero-order valence-corrected chi connectivity index (χ0v) is 12.2. The topological polar surface area (TPSA) is 59.0 Å². The second-order valence-corrected chi connectivity index (χ2v) is 5.46. The lowest BCUT2D eigenvalue weighted by Gasteiger charge is -2.10. The van der Waals surface area contributed by atoms with Crippen LogP contribution in [0.15, 0.2) is 42.7 Å². The van der Waals surface area contributed by atoms with Crippen molar-refractivity contribution in [1.82, 2.24) is 20.4 Å². The first-order valence-corrected chi connectivity index (χ1v) is 7.46. The summed E-state index contributed by atoms with van der Waals surface area (Å²) in [5, 5.41) is 10.0. The molecule has 2 atom stereocenters. The molecule has 3 rings (SSSR count). The van der Waals surface area contributed by atoms with E-state index in [-0.39, 0.29) is 18.9 Å². The number of aromatic nitrogens is 2. The van der Waals surface area contributed by atoms with Crippen molar-refractivity contribution in [3.63, 3.8) is 0 Å². The molecule has 0 spiro atoms. The van der Waals surface area contributed by atoms with Crippen molar-refractivity contribution >= 4 is 5.91 Å². The number of nitrogens with zero attached hydrogens (tertiary/aromatic N) is 2. The summed E-state index contributed by atoms with van der Waals surface area (Å²) in [5.41, 5.74) is 2.05. The maximum absolute atomic E-state index is 13.0. The molecule has 1 aliphatic rings. The number of alkyl halides is 1. The van der Waals surface area contributed by atoms with E-state index < -0.39 is 12.2 Å². The van der Waals surface area contributed by atoms with E-state index in [1.165, 1.54) is 0 Å². The highest BCUT2D eigenvalue weighted by atomic mass is 19.1. The number of benzene rings is 1. The number of rotatable bonds is 5. The van der Waals surface area contributed by atoms with Crippen molar-refractivity contribution < 1.29 is 9.18 Å². The SMILES string of the molecule is O=C(NCCc1cnn(-c2ccccc2)c1)[C@H]1C[C@H](F)CN1. The molecule has 1 aromatic heterocycles. The van der Waals surface area contributed by atoms with Gasteiger partial charge in [0.15, 0.2) is 0 Å². The number of amides is 1. The Morgan fingerprint density at radius 2 is 2.23 bits per heavy atom. The fourth-order valence-corrected chi connectivity index (χ4v) is 2.56. The Morgan fingerprint density at radius 3 is 2.95 bits per heavy atom. The van der Waals surface area contributed by atoms with Gasteiger partial charge in [0, 0.05) is 25.7 Å². The van der Waals surface area contributed by atoms with Gasteiger partial charge in [-0.2, -0.15) is 5.10 Å². The third kappa shape index (κ3) is 3.51. The smallest absolute Gasteiger partial charge is 0.237 e. The number of carbonyl (C=O) groups excluding carboxylic acids is 1. The Labute approximate surface area is 128 Å². The number of hydrogen-bond acceptors (Lipinski definition) is 3. The van der Waals surface area contributed by atoms with Crippen LogP contribution in [0.4, 0.5) is 4.39 Å². The van der Waals surface area contributed by atoms with Crippen molar-refractivity contribution in [2.75, 3.05) is 13.1 Å². The molecular weight excluding hydrogens is 283 g/mol. The van der Waals surface area contributed by atoms with Crippen molar-refractivity contribution in [3.8, 4) is 5.69 Å². The van der Waals surface area contributed by atoms with E-state index in [0.29, 0.717) is 13.0 Å².